The van der Waals surface area contributed by atoms with Gasteiger partial charge in [-0.2, -0.15) is 18.3 Å². The second-order valence-electron chi connectivity index (χ2n) is 5.64. The fourth-order valence-electron chi connectivity index (χ4n) is 2.67. The third-order valence-electron chi connectivity index (χ3n) is 3.87. The fourth-order valence-corrected chi connectivity index (χ4v) is 2.80. The average molecular weight is 374 g/mol. The lowest BCUT2D eigenvalue weighted by Gasteiger charge is -2.14. The highest BCUT2D eigenvalue weighted by molar-refractivity contribution is 6.30. The number of halogens is 4. The number of hydrogen-bond acceptors (Lipinski definition) is 3. The van der Waals surface area contributed by atoms with Crippen molar-refractivity contribution in [2.75, 3.05) is 13.2 Å². The van der Waals surface area contributed by atoms with Gasteiger partial charge in [-0.15, -0.1) is 0 Å². The predicted molar refractivity (Wildman–Crippen MR) is 84.9 cm³/mol. The number of nitrogens with zero attached hydrogens (tertiary/aromatic N) is 2. The maximum absolute atomic E-state index is 13.5. The van der Waals surface area contributed by atoms with Crippen LogP contribution in [0.1, 0.15) is 28.9 Å². The summed E-state index contributed by atoms with van der Waals surface area (Å²) in [6.07, 6.45) is -2.33. The Kier molecular flexibility index (Phi) is 5.01. The van der Waals surface area contributed by atoms with Gasteiger partial charge in [-0.25, -0.2) is 4.68 Å². The SMILES string of the molecule is O=C(NC[C@@H]1CCCO1)c1cnn(-c2ccc(Cl)cc2)c1C(F)(F)F. The molecule has 1 aromatic carbocycles. The van der Waals surface area contributed by atoms with E-state index in [-0.39, 0.29) is 18.3 Å². The quantitative estimate of drug-likeness (QED) is 0.893. The third kappa shape index (κ3) is 3.96. The molecule has 1 aliphatic heterocycles. The van der Waals surface area contributed by atoms with Crippen LogP contribution in [-0.4, -0.2) is 34.9 Å². The summed E-state index contributed by atoms with van der Waals surface area (Å²) in [7, 11) is 0. The number of amides is 1. The Hall–Kier alpha value is -2.06. The first kappa shape index (κ1) is 17.8. The van der Waals surface area contributed by atoms with Crippen LogP contribution in [0.25, 0.3) is 5.69 Å². The highest BCUT2D eigenvalue weighted by Gasteiger charge is 2.40. The maximum atomic E-state index is 13.5. The lowest BCUT2D eigenvalue weighted by atomic mass is 10.2. The van der Waals surface area contributed by atoms with E-state index < -0.39 is 23.3 Å². The van der Waals surface area contributed by atoms with Gasteiger partial charge in [-0.3, -0.25) is 4.79 Å². The number of hydrogen-bond donors (Lipinski definition) is 1. The number of nitrogens with one attached hydrogen (secondary N) is 1. The summed E-state index contributed by atoms with van der Waals surface area (Å²) in [5.74, 6) is -0.831. The standard InChI is InChI=1S/C16H15ClF3N3O2/c17-10-3-5-11(6-4-10)23-14(16(18,19)20)13(9-22-23)15(24)21-8-12-2-1-7-25-12/h3-6,9,12H,1-2,7-8H2,(H,21,24)/t12-/m0/s1. The van der Waals surface area contributed by atoms with Crippen molar-refractivity contribution in [3.63, 3.8) is 0 Å². The van der Waals surface area contributed by atoms with E-state index in [9.17, 15) is 18.0 Å². The minimum atomic E-state index is -4.74. The van der Waals surface area contributed by atoms with Crippen LogP contribution in [0.5, 0.6) is 0 Å². The summed E-state index contributed by atoms with van der Waals surface area (Å²) < 4.78 is 46.6. The molecule has 1 saturated heterocycles. The molecule has 9 heteroatoms. The highest BCUT2D eigenvalue weighted by Crippen LogP contribution is 2.33. The summed E-state index contributed by atoms with van der Waals surface area (Å²) in [6.45, 7) is 0.769. The van der Waals surface area contributed by atoms with Gasteiger partial charge < -0.3 is 10.1 Å². The second kappa shape index (κ2) is 7.05. The lowest BCUT2D eigenvalue weighted by Crippen LogP contribution is -2.33. The van der Waals surface area contributed by atoms with Gasteiger partial charge >= 0.3 is 6.18 Å². The molecule has 1 fully saturated rings. The van der Waals surface area contributed by atoms with Crippen molar-refractivity contribution in [1.29, 1.82) is 0 Å². The van der Waals surface area contributed by atoms with E-state index in [0.717, 1.165) is 19.0 Å². The van der Waals surface area contributed by atoms with Crippen LogP contribution in [0.3, 0.4) is 0 Å². The molecule has 1 aliphatic rings. The predicted octanol–water partition coefficient (Wildman–Crippen LogP) is 3.45. The zero-order valence-electron chi connectivity index (χ0n) is 13.0. The first-order chi connectivity index (χ1) is 11.9. The van der Waals surface area contributed by atoms with Crippen molar-refractivity contribution in [3.8, 4) is 5.69 Å². The minimum absolute atomic E-state index is 0.162. The van der Waals surface area contributed by atoms with E-state index in [0.29, 0.717) is 16.3 Å². The molecule has 3 rings (SSSR count). The van der Waals surface area contributed by atoms with Crippen LogP contribution in [0.15, 0.2) is 30.5 Å². The Morgan fingerprint density at radius 1 is 1.36 bits per heavy atom. The maximum Gasteiger partial charge on any atom is 0.434 e. The van der Waals surface area contributed by atoms with E-state index in [1.165, 1.54) is 24.3 Å². The largest absolute Gasteiger partial charge is 0.434 e. The van der Waals surface area contributed by atoms with Crippen LogP contribution in [0.4, 0.5) is 13.2 Å². The summed E-state index contributed by atoms with van der Waals surface area (Å²) in [4.78, 5) is 12.2. The minimum Gasteiger partial charge on any atom is -0.376 e. The Morgan fingerprint density at radius 2 is 2.08 bits per heavy atom. The van der Waals surface area contributed by atoms with Crippen molar-refractivity contribution >= 4 is 17.5 Å². The molecule has 0 radical (unpaired) electrons. The molecule has 1 N–H and O–H groups in total. The Bertz CT molecular complexity index is 753. The first-order valence-electron chi connectivity index (χ1n) is 7.67. The van der Waals surface area contributed by atoms with Crippen molar-refractivity contribution < 1.29 is 22.7 Å². The van der Waals surface area contributed by atoms with Gasteiger partial charge in [-0.1, -0.05) is 11.6 Å². The number of carbonyl (C=O) groups is 1. The highest BCUT2D eigenvalue weighted by atomic mass is 35.5. The van der Waals surface area contributed by atoms with Gasteiger partial charge in [0.15, 0.2) is 5.69 Å². The molecule has 134 valence electrons. The van der Waals surface area contributed by atoms with Gasteiger partial charge in [0.25, 0.3) is 5.91 Å². The molecule has 25 heavy (non-hydrogen) atoms. The number of aromatic nitrogens is 2. The van der Waals surface area contributed by atoms with Crippen LogP contribution in [0.2, 0.25) is 5.02 Å². The molecule has 0 bridgehead atoms. The summed E-state index contributed by atoms with van der Waals surface area (Å²) >= 11 is 5.76. The topological polar surface area (TPSA) is 56.1 Å². The molecule has 1 atom stereocenters. The van der Waals surface area contributed by atoms with Crippen LogP contribution >= 0.6 is 11.6 Å². The summed E-state index contributed by atoms with van der Waals surface area (Å²) in [5, 5.41) is 6.62. The Morgan fingerprint density at radius 3 is 2.68 bits per heavy atom. The Labute approximate surface area is 146 Å². The monoisotopic (exact) mass is 373 g/mol. The van der Waals surface area contributed by atoms with E-state index in [1.54, 1.807) is 0 Å². The zero-order valence-corrected chi connectivity index (χ0v) is 13.8. The van der Waals surface area contributed by atoms with Gasteiger partial charge in [0.05, 0.1) is 23.6 Å². The molecule has 2 aromatic rings. The van der Waals surface area contributed by atoms with E-state index >= 15 is 0 Å². The lowest BCUT2D eigenvalue weighted by molar-refractivity contribution is -0.143. The summed E-state index contributed by atoms with van der Waals surface area (Å²) in [6, 6.07) is 5.71. The second-order valence-corrected chi connectivity index (χ2v) is 6.07. The first-order valence-corrected chi connectivity index (χ1v) is 8.05. The number of carbonyl (C=O) groups excluding carboxylic acids is 1. The van der Waals surface area contributed by atoms with Crippen LogP contribution in [0, 0.1) is 0 Å². The van der Waals surface area contributed by atoms with Crippen molar-refractivity contribution in [3.05, 3.63) is 46.7 Å². The Balaban J connectivity index is 1.88. The molecule has 5 nitrogen and oxygen atoms in total. The van der Waals surface area contributed by atoms with Crippen LogP contribution < -0.4 is 5.32 Å². The number of benzene rings is 1. The van der Waals surface area contributed by atoms with Crippen molar-refractivity contribution in [2.24, 2.45) is 0 Å². The van der Waals surface area contributed by atoms with Gasteiger partial charge in [0.1, 0.15) is 0 Å². The van der Waals surface area contributed by atoms with Crippen molar-refractivity contribution in [2.45, 2.75) is 25.1 Å². The number of alkyl halides is 3. The molecule has 0 spiro atoms. The molecule has 0 saturated carbocycles. The molecular formula is C16H15ClF3N3O2. The molecule has 0 aliphatic carbocycles. The van der Waals surface area contributed by atoms with Crippen LogP contribution in [-0.2, 0) is 10.9 Å². The molecule has 0 unspecified atom stereocenters. The number of ether oxygens (including phenoxy) is 1. The van der Waals surface area contributed by atoms with Crippen molar-refractivity contribution in [1.82, 2.24) is 15.1 Å². The molecule has 1 aromatic heterocycles. The van der Waals surface area contributed by atoms with E-state index in [4.69, 9.17) is 16.3 Å². The normalized spacial score (nSPS) is 17.7. The summed E-state index contributed by atoms with van der Waals surface area (Å²) in [5.41, 5.74) is -1.49. The van der Waals surface area contributed by atoms with E-state index in [2.05, 4.69) is 10.4 Å². The molecular weight excluding hydrogens is 359 g/mol. The molecule has 1 amide bonds. The number of rotatable bonds is 4. The van der Waals surface area contributed by atoms with Gasteiger partial charge in [0, 0.05) is 18.2 Å². The van der Waals surface area contributed by atoms with Gasteiger partial charge in [0.2, 0.25) is 0 Å². The van der Waals surface area contributed by atoms with E-state index in [1.807, 2.05) is 0 Å². The van der Waals surface area contributed by atoms with Gasteiger partial charge in [-0.05, 0) is 37.1 Å². The average Bonchev–Trinajstić information content (AvgIpc) is 3.22. The third-order valence-corrected chi connectivity index (χ3v) is 4.12. The zero-order chi connectivity index (χ0) is 18.0. The smallest absolute Gasteiger partial charge is 0.376 e. The fraction of sp³-hybridized carbons (Fsp3) is 0.375. The molecule has 2 heterocycles.